The maximum Gasteiger partial charge on any atom is 0.233 e. The smallest absolute Gasteiger partial charge is 0.233 e. The van der Waals surface area contributed by atoms with E-state index in [-0.39, 0.29) is 11.9 Å². The van der Waals surface area contributed by atoms with E-state index in [9.17, 15) is 4.79 Å². The molecule has 0 saturated heterocycles. The molecule has 0 aliphatic carbocycles. The van der Waals surface area contributed by atoms with E-state index in [0.717, 1.165) is 16.2 Å². The van der Waals surface area contributed by atoms with Crippen LogP contribution >= 0.6 is 11.8 Å². The van der Waals surface area contributed by atoms with Crippen LogP contribution < -0.4 is 0 Å². The van der Waals surface area contributed by atoms with Gasteiger partial charge in [0.05, 0.1) is 10.8 Å². The van der Waals surface area contributed by atoms with Crippen LogP contribution in [-0.4, -0.2) is 27.6 Å². The van der Waals surface area contributed by atoms with Crippen LogP contribution in [0.15, 0.2) is 53.7 Å². The third-order valence-electron chi connectivity index (χ3n) is 3.37. The Morgan fingerprint density at radius 2 is 1.91 bits per heavy atom. The number of carbonyl (C=O) groups is 1. The van der Waals surface area contributed by atoms with Crippen LogP contribution in [0.5, 0.6) is 0 Å². The Labute approximate surface area is 136 Å². The zero-order valence-corrected chi connectivity index (χ0v) is 14.1. The first-order valence-corrected chi connectivity index (χ1v) is 8.43. The van der Waals surface area contributed by atoms with E-state index in [0.29, 0.717) is 12.3 Å². The van der Waals surface area contributed by atoms with Crippen molar-refractivity contribution < 1.29 is 4.79 Å². The Kier molecular flexibility index (Phi) is 6.01. The quantitative estimate of drug-likeness (QED) is 0.758. The molecule has 22 heavy (non-hydrogen) atoms. The number of hydrogen-bond donors (Lipinski definition) is 0. The summed E-state index contributed by atoms with van der Waals surface area (Å²) in [5.41, 5.74) is 2.28. The molecule has 0 radical (unpaired) electrons. The summed E-state index contributed by atoms with van der Waals surface area (Å²) in [5.74, 6) is 0.562. The molecule has 116 valence electrons. The molecule has 0 spiro atoms. The Balaban J connectivity index is 1.96. The van der Waals surface area contributed by atoms with Crippen LogP contribution in [0, 0.1) is 6.92 Å². The summed E-state index contributed by atoms with van der Waals surface area (Å²) in [7, 11) is 0. The lowest BCUT2D eigenvalue weighted by Crippen LogP contribution is -2.37. The molecule has 0 bridgehead atoms. The van der Waals surface area contributed by atoms with E-state index in [1.807, 2.05) is 48.4 Å². The van der Waals surface area contributed by atoms with E-state index in [1.54, 1.807) is 0 Å². The highest BCUT2D eigenvalue weighted by molar-refractivity contribution is 7.99. The van der Waals surface area contributed by atoms with E-state index in [4.69, 9.17) is 0 Å². The molecule has 0 aliphatic heterocycles. The first-order chi connectivity index (χ1) is 10.6. The Hall–Kier alpha value is -1.81. The molecule has 1 amide bonds. The number of aromatic nitrogens is 1. The van der Waals surface area contributed by atoms with Gasteiger partial charge in [-0.3, -0.25) is 4.79 Å². The molecular formula is C18H22N2OS. The van der Waals surface area contributed by atoms with E-state index in [1.165, 1.54) is 11.8 Å². The van der Waals surface area contributed by atoms with Gasteiger partial charge >= 0.3 is 0 Å². The number of rotatable bonds is 6. The van der Waals surface area contributed by atoms with Gasteiger partial charge in [0.15, 0.2) is 0 Å². The highest BCUT2D eigenvalue weighted by Crippen LogP contribution is 2.17. The molecule has 1 heterocycles. The van der Waals surface area contributed by atoms with E-state index < -0.39 is 0 Å². The molecule has 0 saturated carbocycles. The van der Waals surface area contributed by atoms with Crippen molar-refractivity contribution in [3.05, 3.63) is 59.8 Å². The van der Waals surface area contributed by atoms with Gasteiger partial charge in [0.1, 0.15) is 0 Å². The molecular weight excluding hydrogens is 292 g/mol. The monoisotopic (exact) mass is 314 g/mol. The van der Waals surface area contributed by atoms with Gasteiger partial charge in [-0.1, -0.05) is 48.2 Å². The molecule has 4 heteroatoms. The summed E-state index contributed by atoms with van der Waals surface area (Å²) in [6.07, 6.45) is 1.83. The molecule has 1 aromatic carbocycles. The second-order valence-electron chi connectivity index (χ2n) is 5.56. The van der Waals surface area contributed by atoms with Gasteiger partial charge in [0, 0.05) is 18.8 Å². The SMILES string of the molecule is Cc1ccc(SCC(=O)N(Cc2ccccc2)C(C)C)nc1. The number of hydrogen-bond acceptors (Lipinski definition) is 3. The Morgan fingerprint density at radius 3 is 2.50 bits per heavy atom. The normalized spacial score (nSPS) is 10.7. The van der Waals surface area contributed by atoms with Gasteiger partial charge in [-0.2, -0.15) is 0 Å². The summed E-state index contributed by atoms with van der Waals surface area (Å²) < 4.78 is 0. The third kappa shape index (κ3) is 4.88. The lowest BCUT2D eigenvalue weighted by Gasteiger charge is -2.26. The van der Waals surface area contributed by atoms with Gasteiger partial charge in [-0.05, 0) is 38.0 Å². The van der Waals surface area contributed by atoms with Gasteiger partial charge < -0.3 is 4.90 Å². The zero-order chi connectivity index (χ0) is 15.9. The zero-order valence-electron chi connectivity index (χ0n) is 13.3. The number of pyridine rings is 1. The van der Waals surface area contributed by atoms with Crippen molar-refractivity contribution in [2.75, 3.05) is 5.75 Å². The Morgan fingerprint density at radius 1 is 1.18 bits per heavy atom. The number of aryl methyl sites for hydroxylation is 1. The molecule has 0 aliphatic rings. The minimum Gasteiger partial charge on any atom is -0.335 e. The molecule has 3 nitrogen and oxygen atoms in total. The number of carbonyl (C=O) groups excluding carboxylic acids is 1. The minimum absolute atomic E-state index is 0.145. The first-order valence-electron chi connectivity index (χ1n) is 7.45. The Bertz CT molecular complexity index is 596. The molecule has 0 fully saturated rings. The van der Waals surface area contributed by atoms with Crippen molar-refractivity contribution in [2.45, 2.75) is 38.4 Å². The van der Waals surface area contributed by atoms with E-state index in [2.05, 4.69) is 31.0 Å². The number of thioether (sulfide) groups is 1. The number of amides is 1. The summed E-state index contributed by atoms with van der Waals surface area (Å²) in [4.78, 5) is 18.8. The van der Waals surface area contributed by atoms with Crippen molar-refractivity contribution in [2.24, 2.45) is 0 Å². The second kappa shape index (κ2) is 7.99. The van der Waals surface area contributed by atoms with Crippen LogP contribution in [0.4, 0.5) is 0 Å². The van der Waals surface area contributed by atoms with Crippen molar-refractivity contribution in [1.29, 1.82) is 0 Å². The predicted molar refractivity (Wildman–Crippen MR) is 91.8 cm³/mol. The van der Waals surface area contributed by atoms with Gasteiger partial charge in [-0.15, -0.1) is 0 Å². The highest BCUT2D eigenvalue weighted by Gasteiger charge is 2.17. The van der Waals surface area contributed by atoms with Crippen molar-refractivity contribution >= 4 is 17.7 Å². The molecule has 0 N–H and O–H groups in total. The van der Waals surface area contributed by atoms with Gasteiger partial charge in [0.2, 0.25) is 5.91 Å². The third-order valence-corrected chi connectivity index (χ3v) is 4.30. The molecule has 2 rings (SSSR count). The standard InChI is InChI=1S/C18H22N2OS/c1-14(2)20(12-16-7-5-4-6-8-16)18(21)13-22-17-10-9-15(3)11-19-17/h4-11,14H,12-13H2,1-3H3. The number of nitrogens with zero attached hydrogens (tertiary/aromatic N) is 2. The molecule has 0 unspecified atom stereocenters. The molecule has 2 aromatic rings. The van der Waals surface area contributed by atoms with Crippen molar-refractivity contribution in [3.8, 4) is 0 Å². The van der Waals surface area contributed by atoms with Gasteiger partial charge in [0.25, 0.3) is 0 Å². The minimum atomic E-state index is 0.145. The number of benzene rings is 1. The van der Waals surface area contributed by atoms with Crippen LogP contribution in [0.25, 0.3) is 0 Å². The first kappa shape index (κ1) is 16.6. The maximum absolute atomic E-state index is 12.5. The topological polar surface area (TPSA) is 33.2 Å². The summed E-state index contributed by atoms with van der Waals surface area (Å²) in [6.45, 7) is 6.76. The van der Waals surface area contributed by atoms with Crippen LogP contribution in [0.2, 0.25) is 0 Å². The predicted octanol–water partition coefficient (Wildman–Crippen LogP) is 3.92. The average molecular weight is 314 g/mol. The fraction of sp³-hybridized carbons (Fsp3) is 0.333. The van der Waals surface area contributed by atoms with Crippen molar-refractivity contribution in [3.63, 3.8) is 0 Å². The summed E-state index contributed by atoms with van der Waals surface area (Å²) in [5, 5.41) is 0.891. The summed E-state index contributed by atoms with van der Waals surface area (Å²) >= 11 is 1.49. The lowest BCUT2D eigenvalue weighted by atomic mass is 10.2. The fourth-order valence-corrected chi connectivity index (χ4v) is 2.83. The van der Waals surface area contributed by atoms with Crippen LogP contribution in [0.1, 0.15) is 25.0 Å². The van der Waals surface area contributed by atoms with Crippen molar-refractivity contribution in [1.82, 2.24) is 9.88 Å². The highest BCUT2D eigenvalue weighted by atomic mass is 32.2. The van der Waals surface area contributed by atoms with Crippen LogP contribution in [-0.2, 0) is 11.3 Å². The second-order valence-corrected chi connectivity index (χ2v) is 6.56. The average Bonchev–Trinajstić information content (AvgIpc) is 2.52. The largest absolute Gasteiger partial charge is 0.335 e. The summed E-state index contributed by atoms with van der Waals surface area (Å²) in [6, 6.07) is 14.3. The van der Waals surface area contributed by atoms with Gasteiger partial charge in [-0.25, -0.2) is 4.98 Å². The van der Waals surface area contributed by atoms with Crippen LogP contribution in [0.3, 0.4) is 0 Å². The fourth-order valence-electron chi connectivity index (χ4n) is 2.10. The van der Waals surface area contributed by atoms with E-state index >= 15 is 0 Å². The lowest BCUT2D eigenvalue weighted by molar-refractivity contribution is -0.130. The molecule has 0 atom stereocenters. The maximum atomic E-state index is 12.5. The molecule has 1 aromatic heterocycles.